The number of fused-ring (bicyclic) bond motifs is 2. The first kappa shape index (κ1) is 20.6. The number of carbonyl (C=O) groups is 2. The molecule has 2 amide bonds. The molecule has 0 bridgehead atoms. The fourth-order valence-corrected chi connectivity index (χ4v) is 5.51. The highest BCUT2D eigenvalue weighted by molar-refractivity contribution is 7.18. The van der Waals surface area contributed by atoms with E-state index in [0.717, 1.165) is 31.6 Å². The Hall–Kier alpha value is -3.25. The number of para-hydroxylation sites is 1. The molecular weight excluding hydrogens is 418 g/mol. The molecule has 0 radical (unpaired) electrons. The number of thiazole rings is 1. The number of likely N-dealkylation sites (tertiary alicyclic amines) is 1. The van der Waals surface area contributed by atoms with Gasteiger partial charge in [-0.1, -0.05) is 48.5 Å². The molecule has 3 aromatic carbocycles. The van der Waals surface area contributed by atoms with Crippen LogP contribution < -0.4 is 0 Å². The van der Waals surface area contributed by atoms with Gasteiger partial charge in [0.2, 0.25) is 5.91 Å². The molecular formula is C26H25N3O2S. The van der Waals surface area contributed by atoms with E-state index in [9.17, 15) is 9.59 Å². The Morgan fingerprint density at radius 1 is 1.00 bits per heavy atom. The first-order valence-corrected chi connectivity index (χ1v) is 11.8. The van der Waals surface area contributed by atoms with Crippen LogP contribution in [0.25, 0.3) is 21.0 Å². The number of amides is 2. The fraction of sp³-hybridized carbons (Fsp3) is 0.269. The number of hydrogen-bond acceptors (Lipinski definition) is 4. The lowest BCUT2D eigenvalue weighted by Gasteiger charge is -2.33. The second-order valence-electron chi connectivity index (χ2n) is 8.36. The number of piperidine rings is 1. The molecule has 0 saturated carbocycles. The van der Waals surface area contributed by atoms with Gasteiger partial charge in [-0.2, -0.15) is 0 Å². The molecule has 5 nitrogen and oxygen atoms in total. The molecule has 1 aromatic heterocycles. The molecule has 4 aromatic rings. The molecule has 1 aliphatic rings. The van der Waals surface area contributed by atoms with E-state index >= 15 is 0 Å². The molecule has 0 unspecified atom stereocenters. The summed E-state index contributed by atoms with van der Waals surface area (Å²) in [6, 6.07) is 21.9. The van der Waals surface area contributed by atoms with E-state index in [1.807, 2.05) is 72.6 Å². The van der Waals surface area contributed by atoms with E-state index in [1.54, 1.807) is 16.2 Å². The summed E-state index contributed by atoms with van der Waals surface area (Å²) < 4.78 is 1.14. The van der Waals surface area contributed by atoms with Crippen LogP contribution >= 0.6 is 11.3 Å². The smallest absolute Gasteiger partial charge is 0.254 e. The van der Waals surface area contributed by atoms with Gasteiger partial charge in [-0.15, -0.1) is 11.3 Å². The third-order valence-corrected chi connectivity index (χ3v) is 7.26. The molecule has 32 heavy (non-hydrogen) atoms. The summed E-state index contributed by atoms with van der Waals surface area (Å²) in [4.78, 5) is 34.5. The molecule has 0 spiro atoms. The Balaban J connectivity index is 1.22. The lowest BCUT2D eigenvalue weighted by atomic mass is 9.94. The third-order valence-electron chi connectivity index (χ3n) is 6.24. The van der Waals surface area contributed by atoms with Gasteiger partial charge >= 0.3 is 0 Å². The second kappa shape index (κ2) is 8.71. The highest BCUT2D eigenvalue weighted by Crippen LogP contribution is 2.26. The maximum Gasteiger partial charge on any atom is 0.254 e. The quantitative estimate of drug-likeness (QED) is 0.448. The number of carbonyl (C=O) groups excluding carboxylic acids is 2. The lowest BCUT2D eigenvalue weighted by Crippen LogP contribution is -2.43. The van der Waals surface area contributed by atoms with Crippen molar-refractivity contribution in [3.8, 4) is 0 Å². The standard InChI is InChI=1S/C26H25N3O2S/c1-28(17-24-27-22-11-4-5-12-23(22)32-24)25(30)19-13-15-29(16-14-19)26(31)21-10-6-8-18-7-2-3-9-20(18)21/h2-12,19H,13-17H2,1H3. The normalized spacial score (nSPS) is 14.7. The molecule has 162 valence electrons. The number of hydrogen-bond donors (Lipinski definition) is 0. The largest absolute Gasteiger partial charge is 0.339 e. The van der Waals surface area contributed by atoms with Crippen LogP contribution in [-0.4, -0.2) is 46.7 Å². The van der Waals surface area contributed by atoms with Crippen molar-refractivity contribution in [1.82, 2.24) is 14.8 Å². The van der Waals surface area contributed by atoms with Crippen molar-refractivity contribution in [2.24, 2.45) is 5.92 Å². The molecule has 2 heterocycles. The van der Waals surface area contributed by atoms with Crippen molar-refractivity contribution in [3.63, 3.8) is 0 Å². The van der Waals surface area contributed by atoms with Crippen LogP contribution in [0.4, 0.5) is 0 Å². The summed E-state index contributed by atoms with van der Waals surface area (Å²) >= 11 is 1.63. The highest BCUT2D eigenvalue weighted by atomic mass is 32.1. The van der Waals surface area contributed by atoms with Gasteiger partial charge in [-0.05, 0) is 41.8 Å². The fourth-order valence-electron chi connectivity index (χ4n) is 4.49. The summed E-state index contributed by atoms with van der Waals surface area (Å²) in [6.07, 6.45) is 1.39. The topological polar surface area (TPSA) is 53.5 Å². The van der Waals surface area contributed by atoms with Crippen LogP contribution in [0.15, 0.2) is 66.7 Å². The minimum atomic E-state index is -0.0501. The van der Waals surface area contributed by atoms with E-state index in [-0.39, 0.29) is 17.7 Å². The second-order valence-corrected chi connectivity index (χ2v) is 9.48. The molecule has 1 fully saturated rings. The van der Waals surface area contributed by atoms with Crippen LogP contribution in [-0.2, 0) is 11.3 Å². The number of rotatable bonds is 4. The Bertz CT molecular complexity index is 1250. The Kier molecular flexibility index (Phi) is 5.62. The molecule has 0 N–H and O–H groups in total. The zero-order chi connectivity index (χ0) is 22.1. The third kappa shape index (κ3) is 3.98. The zero-order valence-electron chi connectivity index (χ0n) is 18.0. The zero-order valence-corrected chi connectivity index (χ0v) is 18.8. The van der Waals surface area contributed by atoms with Crippen LogP contribution in [0.3, 0.4) is 0 Å². The molecule has 0 atom stereocenters. The SMILES string of the molecule is CN(Cc1nc2ccccc2s1)C(=O)C1CCN(C(=O)c2cccc3ccccc23)CC1. The van der Waals surface area contributed by atoms with Crippen LogP contribution in [0, 0.1) is 5.92 Å². The lowest BCUT2D eigenvalue weighted by molar-refractivity contribution is -0.136. The number of nitrogens with zero attached hydrogens (tertiary/aromatic N) is 3. The van der Waals surface area contributed by atoms with E-state index in [4.69, 9.17) is 0 Å². The predicted molar refractivity (Wildman–Crippen MR) is 129 cm³/mol. The van der Waals surface area contributed by atoms with Gasteiger partial charge in [-0.25, -0.2) is 4.98 Å². The first-order chi connectivity index (χ1) is 15.6. The molecule has 5 rings (SSSR count). The van der Waals surface area contributed by atoms with E-state index < -0.39 is 0 Å². The molecule has 1 saturated heterocycles. The summed E-state index contributed by atoms with van der Waals surface area (Å²) in [7, 11) is 1.85. The Labute approximate surface area is 191 Å². The van der Waals surface area contributed by atoms with Gasteiger partial charge in [0.1, 0.15) is 5.01 Å². The average molecular weight is 444 g/mol. The average Bonchev–Trinajstić information content (AvgIpc) is 3.25. The van der Waals surface area contributed by atoms with Crippen molar-refractivity contribution < 1.29 is 9.59 Å². The summed E-state index contributed by atoms with van der Waals surface area (Å²) in [6.45, 7) is 1.73. The monoisotopic (exact) mass is 443 g/mol. The van der Waals surface area contributed by atoms with E-state index in [2.05, 4.69) is 11.1 Å². The summed E-state index contributed by atoms with van der Waals surface area (Å²) in [5, 5.41) is 3.00. The van der Waals surface area contributed by atoms with Gasteiger partial charge in [0, 0.05) is 31.6 Å². The summed E-state index contributed by atoms with van der Waals surface area (Å²) in [5.41, 5.74) is 1.72. The highest BCUT2D eigenvalue weighted by Gasteiger charge is 2.30. The van der Waals surface area contributed by atoms with Gasteiger partial charge in [0.15, 0.2) is 0 Å². The maximum absolute atomic E-state index is 13.2. The van der Waals surface area contributed by atoms with Crippen molar-refractivity contribution in [3.05, 3.63) is 77.3 Å². The van der Waals surface area contributed by atoms with Gasteiger partial charge in [0.05, 0.1) is 16.8 Å². The molecule has 1 aliphatic heterocycles. The minimum absolute atomic E-state index is 0.0501. The summed E-state index contributed by atoms with van der Waals surface area (Å²) in [5.74, 6) is 0.142. The first-order valence-electron chi connectivity index (χ1n) is 11.0. The van der Waals surface area contributed by atoms with Crippen LogP contribution in [0.2, 0.25) is 0 Å². The van der Waals surface area contributed by atoms with E-state index in [1.165, 1.54) is 0 Å². The van der Waals surface area contributed by atoms with Crippen molar-refractivity contribution in [2.45, 2.75) is 19.4 Å². The van der Waals surface area contributed by atoms with Crippen LogP contribution in [0.1, 0.15) is 28.2 Å². The van der Waals surface area contributed by atoms with Crippen molar-refractivity contribution in [1.29, 1.82) is 0 Å². The number of benzene rings is 3. The minimum Gasteiger partial charge on any atom is -0.339 e. The Morgan fingerprint density at radius 2 is 1.72 bits per heavy atom. The number of aromatic nitrogens is 1. The molecule has 0 aliphatic carbocycles. The molecule has 6 heteroatoms. The van der Waals surface area contributed by atoms with Gasteiger partial charge in [-0.3, -0.25) is 9.59 Å². The van der Waals surface area contributed by atoms with Crippen molar-refractivity contribution in [2.75, 3.05) is 20.1 Å². The van der Waals surface area contributed by atoms with Crippen molar-refractivity contribution >= 4 is 44.1 Å². The van der Waals surface area contributed by atoms with E-state index in [0.29, 0.717) is 32.5 Å². The predicted octanol–water partition coefficient (Wildman–Crippen LogP) is 4.96. The Morgan fingerprint density at radius 3 is 2.53 bits per heavy atom. The van der Waals surface area contributed by atoms with Gasteiger partial charge < -0.3 is 9.80 Å². The maximum atomic E-state index is 13.2. The van der Waals surface area contributed by atoms with Crippen LogP contribution in [0.5, 0.6) is 0 Å². The van der Waals surface area contributed by atoms with Gasteiger partial charge in [0.25, 0.3) is 5.91 Å².